The van der Waals surface area contributed by atoms with Crippen molar-refractivity contribution in [1.29, 1.82) is 0 Å². The van der Waals surface area contributed by atoms with Crippen molar-refractivity contribution in [2.24, 2.45) is 16.9 Å². The number of carboxylic acid groups (broad SMARTS) is 1. The van der Waals surface area contributed by atoms with Gasteiger partial charge in [0.05, 0.1) is 38.8 Å². The van der Waals surface area contributed by atoms with E-state index in [1.54, 1.807) is 0 Å². The molecule has 24 nitrogen and oxygen atoms in total. The zero-order chi connectivity index (χ0) is 52.8. The lowest BCUT2D eigenvalue weighted by atomic mass is 9.90. The number of carbonyl (C=O) groups excluding carboxylic acids is 10. The number of likely N-dealkylation sites (tertiary alicyclic amines) is 1. The molecular formula is C44H84N12O12. The Morgan fingerprint density at radius 1 is 0.706 bits per heavy atom. The number of nitrogens with zero attached hydrogens (tertiary/aromatic N) is 1. The first kappa shape index (κ1) is 66.4. The molecule has 2 aliphatic rings. The Hall–Kier alpha value is -5.91. The Bertz CT molecular complexity index is 1590. The van der Waals surface area contributed by atoms with Crippen molar-refractivity contribution in [2.75, 3.05) is 58.9 Å². The molecule has 68 heavy (non-hydrogen) atoms. The number of amides is 10. The molecule has 0 aliphatic carbocycles. The second kappa shape index (κ2) is 39.1. The van der Waals surface area contributed by atoms with Gasteiger partial charge in [0.1, 0.15) is 24.7 Å². The van der Waals surface area contributed by atoms with Crippen LogP contribution in [-0.4, -0.2) is 158 Å². The van der Waals surface area contributed by atoms with Crippen LogP contribution in [0.4, 0.5) is 0 Å². The molecular weight excluding hydrogens is 889 g/mol. The number of aliphatic carboxylic acids is 1. The quantitative estimate of drug-likeness (QED) is 0.0528. The van der Waals surface area contributed by atoms with E-state index in [1.165, 1.54) is 37.5 Å². The van der Waals surface area contributed by atoms with Crippen molar-refractivity contribution in [3.05, 3.63) is 0 Å². The molecule has 0 aromatic heterocycles. The Morgan fingerprint density at radius 3 is 1.69 bits per heavy atom. The van der Waals surface area contributed by atoms with Crippen LogP contribution in [-0.2, 0) is 52.7 Å². The van der Waals surface area contributed by atoms with Gasteiger partial charge in [-0.2, -0.15) is 0 Å². The number of rotatable bonds is 23. The van der Waals surface area contributed by atoms with E-state index in [-0.39, 0.29) is 30.7 Å². The summed E-state index contributed by atoms with van der Waals surface area (Å²) in [6.45, 7) is 18.3. The minimum Gasteiger partial charge on any atom is -0.480 e. The number of carbonyl (C=O) groups is 11. The average molecular weight is 973 g/mol. The summed E-state index contributed by atoms with van der Waals surface area (Å²) in [5.41, 5.74) is 10.2. The Morgan fingerprint density at radius 2 is 1.21 bits per heavy atom. The number of hydrogen-bond donors (Lipinski definition) is 12. The predicted octanol–water partition coefficient (Wildman–Crippen LogP) is -1.99. The van der Waals surface area contributed by atoms with Crippen molar-refractivity contribution in [1.82, 2.24) is 52.8 Å². The maximum atomic E-state index is 12.7. The average Bonchev–Trinajstić information content (AvgIpc) is 3.94. The number of nitrogens with two attached hydrogens (primary N) is 2. The normalized spacial score (nSPS) is 15.8. The molecule has 2 fully saturated rings. The fourth-order valence-electron chi connectivity index (χ4n) is 5.74. The first-order valence-electron chi connectivity index (χ1n) is 23.5. The van der Waals surface area contributed by atoms with Gasteiger partial charge in [0, 0.05) is 19.5 Å². The molecule has 2 heterocycles. The van der Waals surface area contributed by atoms with E-state index in [4.69, 9.17) is 16.6 Å². The van der Waals surface area contributed by atoms with Crippen LogP contribution in [0.15, 0.2) is 0 Å². The van der Waals surface area contributed by atoms with Gasteiger partial charge in [-0.1, -0.05) is 81.6 Å². The Balaban J connectivity index is -0.00000289. The monoisotopic (exact) mass is 973 g/mol. The van der Waals surface area contributed by atoms with Crippen LogP contribution in [0.25, 0.3) is 0 Å². The van der Waals surface area contributed by atoms with Crippen LogP contribution >= 0.6 is 0 Å². The summed E-state index contributed by atoms with van der Waals surface area (Å²) < 4.78 is 0. The SMILES string of the molecule is CC.CC(NC(=O)CNC(=O)CNC(=O)CNC(=O)C(CCC(N)=O)NC(=O)CNC(=O)C1CC(C)(C)CN1)C(=O)NCC(=O)N1CCCC1C(=O)NCC(=O)O.CCC.CCC.CCCCN. The number of primary amides is 1. The van der Waals surface area contributed by atoms with E-state index < -0.39 is 123 Å². The lowest BCUT2D eigenvalue weighted by Gasteiger charge is -2.24. The van der Waals surface area contributed by atoms with Crippen molar-refractivity contribution in [3.8, 4) is 0 Å². The van der Waals surface area contributed by atoms with Gasteiger partial charge in [0.25, 0.3) is 0 Å². The van der Waals surface area contributed by atoms with E-state index in [2.05, 4.69) is 82.5 Å². The molecule has 4 unspecified atom stereocenters. The predicted molar refractivity (Wildman–Crippen MR) is 256 cm³/mol. The molecule has 0 spiro atoms. The first-order chi connectivity index (χ1) is 32.0. The number of unbranched alkanes of at least 4 members (excludes halogenated alkanes) is 1. The van der Waals surface area contributed by atoms with Crippen molar-refractivity contribution < 1.29 is 57.8 Å². The second-order valence-corrected chi connectivity index (χ2v) is 16.3. The molecule has 4 atom stereocenters. The lowest BCUT2D eigenvalue weighted by Crippen LogP contribution is -2.53. The lowest BCUT2D eigenvalue weighted by molar-refractivity contribution is -0.141. The Kier molecular flexibility index (Phi) is 38.2. The topological polar surface area (TPSA) is 372 Å². The van der Waals surface area contributed by atoms with Crippen LogP contribution in [0.1, 0.15) is 127 Å². The minimum atomic E-state index is -1.28. The van der Waals surface area contributed by atoms with Gasteiger partial charge >= 0.3 is 5.97 Å². The summed E-state index contributed by atoms with van der Waals surface area (Å²) in [6, 6.07) is -3.76. The van der Waals surface area contributed by atoms with Crippen LogP contribution in [0.5, 0.6) is 0 Å². The van der Waals surface area contributed by atoms with Crippen LogP contribution in [0, 0.1) is 5.41 Å². The smallest absolute Gasteiger partial charge is 0.322 e. The summed E-state index contributed by atoms with van der Waals surface area (Å²) in [5, 5.41) is 30.3. The summed E-state index contributed by atoms with van der Waals surface area (Å²) >= 11 is 0. The van der Waals surface area contributed by atoms with Gasteiger partial charge in [-0.05, 0) is 51.0 Å². The maximum Gasteiger partial charge on any atom is 0.322 e. The minimum absolute atomic E-state index is 0.0836. The highest BCUT2D eigenvalue weighted by atomic mass is 16.4. The van der Waals surface area contributed by atoms with Gasteiger partial charge in [-0.25, -0.2) is 0 Å². The zero-order valence-electron chi connectivity index (χ0n) is 42.1. The largest absolute Gasteiger partial charge is 0.480 e. The number of carboxylic acids is 1. The number of nitrogens with one attached hydrogen (secondary N) is 9. The van der Waals surface area contributed by atoms with Crippen LogP contribution in [0.3, 0.4) is 0 Å². The maximum absolute atomic E-state index is 12.7. The molecule has 0 radical (unpaired) electrons. The fraction of sp³-hybridized carbons (Fsp3) is 0.750. The van der Waals surface area contributed by atoms with Crippen molar-refractivity contribution >= 4 is 65.0 Å². The summed E-state index contributed by atoms with van der Waals surface area (Å²) in [7, 11) is 0. The van der Waals surface area contributed by atoms with E-state index in [0.29, 0.717) is 25.8 Å². The van der Waals surface area contributed by atoms with Gasteiger partial charge in [0.15, 0.2) is 0 Å². The molecule has 2 saturated heterocycles. The zero-order valence-corrected chi connectivity index (χ0v) is 42.1. The molecule has 0 saturated carbocycles. The third kappa shape index (κ3) is 32.7. The Labute approximate surface area is 401 Å². The van der Waals surface area contributed by atoms with E-state index in [9.17, 15) is 52.7 Å². The highest BCUT2D eigenvalue weighted by molar-refractivity contribution is 5.95. The third-order valence-electron chi connectivity index (χ3n) is 9.00. The molecule has 10 amide bonds. The van der Waals surface area contributed by atoms with E-state index in [1.807, 2.05) is 27.7 Å². The van der Waals surface area contributed by atoms with Crippen molar-refractivity contribution in [2.45, 2.75) is 151 Å². The summed E-state index contributed by atoms with van der Waals surface area (Å²) in [4.78, 5) is 135. The molecule has 0 bridgehead atoms. The molecule has 0 aromatic rings. The molecule has 24 heteroatoms. The van der Waals surface area contributed by atoms with E-state index in [0.717, 1.165) is 6.54 Å². The van der Waals surface area contributed by atoms with Crippen molar-refractivity contribution in [3.63, 3.8) is 0 Å². The highest BCUT2D eigenvalue weighted by Crippen LogP contribution is 2.27. The van der Waals surface area contributed by atoms with Crippen LogP contribution in [0.2, 0.25) is 0 Å². The second-order valence-electron chi connectivity index (χ2n) is 16.3. The highest BCUT2D eigenvalue weighted by Gasteiger charge is 2.36. The van der Waals surface area contributed by atoms with E-state index >= 15 is 0 Å². The van der Waals surface area contributed by atoms with Gasteiger partial charge in [0.2, 0.25) is 59.1 Å². The van der Waals surface area contributed by atoms with Gasteiger partial charge < -0.3 is 69.3 Å². The number of hydrogen-bond acceptors (Lipinski definition) is 13. The summed E-state index contributed by atoms with van der Waals surface area (Å²) in [6.07, 6.45) is 5.82. The molecule has 2 rings (SSSR count). The van der Waals surface area contributed by atoms with Gasteiger partial charge in [-0.15, -0.1) is 0 Å². The summed E-state index contributed by atoms with van der Waals surface area (Å²) in [5.74, 6) is -8.26. The molecule has 14 N–H and O–H groups in total. The molecule has 392 valence electrons. The molecule has 2 aliphatic heterocycles. The first-order valence-corrected chi connectivity index (χ1v) is 23.5. The van der Waals surface area contributed by atoms with Gasteiger partial charge in [-0.3, -0.25) is 52.7 Å². The van der Waals surface area contributed by atoms with Crippen LogP contribution < -0.4 is 59.3 Å². The fourth-order valence-corrected chi connectivity index (χ4v) is 5.74. The molecule has 0 aromatic carbocycles. The third-order valence-corrected chi connectivity index (χ3v) is 9.00. The standard InChI is InChI=1S/C32H51N11O12.C4H11N.2C3H8.C2H6/c1-17(28(52)38-14-26(49)43-8-4-5-20(43)31(55)39-15-27(50)51)41-24(47)12-35-22(45)10-34-23(46)11-36-29(53)18(6-7-21(33)44)42-25(48)13-37-30(54)19-9-32(2,3)16-40-19;1-2-3-4-5;2*1-3-2;1-2/h17-20,40H,4-16H2,1-3H3,(H2,33,44)(H,34,46)(H,35,45)(H,36,53)(H,37,54)(H,38,52)(H,39,55)(H,41,47)(H,42,48)(H,50,51);2-5H2,1H3;2*3H2,1-2H3;1-2H3.